The van der Waals surface area contributed by atoms with Gasteiger partial charge >= 0.3 is 0 Å². The summed E-state index contributed by atoms with van der Waals surface area (Å²) < 4.78 is 12.8. The second kappa shape index (κ2) is 10.1. The van der Waals surface area contributed by atoms with Gasteiger partial charge in [-0.15, -0.1) is 0 Å². The van der Waals surface area contributed by atoms with E-state index in [0.717, 1.165) is 57.2 Å². The maximum atomic E-state index is 12.8. The SMILES string of the molecule is O=C1c2ccccc2C(=O)N1CCCCCCCCNCc1ccc(F)cc1. The normalized spacial score (nSPS) is 13.2. The number of halogens is 1. The molecule has 1 heterocycles. The molecule has 1 aliphatic heterocycles. The molecule has 4 nitrogen and oxygen atoms in total. The smallest absolute Gasteiger partial charge is 0.261 e. The largest absolute Gasteiger partial charge is 0.313 e. The average Bonchev–Trinajstić information content (AvgIpc) is 2.95. The second-order valence-electron chi connectivity index (χ2n) is 7.23. The summed E-state index contributed by atoms with van der Waals surface area (Å²) in [6.45, 7) is 2.22. The standard InChI is InChI=1S/C23H27FN2O2/c24-19-13-11-18(12-14-19)17-25-15-7-3-1-2-4-8-16-26-22(27)20-9-5-6-10-21(20)23(26)28/h5-6,9-14,25H,1-4,7-8,15-17H2. The molecule has 0 aromatic heterocycles. The van der Waals surface area contributed by atoms with E-state index in [4.69, 9.17) is 0 Å². The van der Waals surface area contributed by atoms with E-state index in [0.29, 0.717) is 17.7 Å². The van der Waals surface area contributed by atoms with Gasteiger partial charge < -0.3 is 5.32 Å². The highest BCUT2D eigenvalue weighted by molar-refractivity contribution is 6.21. The van der Waals surface area contributed by atoms with Crippen LogP contribution in [-0.4, -0.2) is 29.8 Å². The Kier molecular flexibility index (Phi) is 7.31. The van der Waals surface area contributed by atoms with Crippen molar-refractivity contribution in [3.8, 4) is 0 Å². The summed E-state index contributed by atoms with van der Waals surface area (Å²) in [6, 6.07) is 13.6. The monoisotopic (exact) mass is 382 g/mol. The minimum atomic E-state index is -0.202. The van der Waals surface area contributed by atoms with Crippen molar-refractivity contribution in [3.05, 3.63) is 71.0 Å². The van der Waals surface area contributed by atoms with Crippen molar-refractivity contribution in [2.24, 2.45) is 0 Å². The predicted octanol–water partition coefficient (Wildman–Crippen LogP) is 4.55. The Balaban J connectivity index is 1.21. The third-order valence-corrected chi connectivity index (χ3v) is 5.11. The van der Waals surface area contributed by atoms with Crippen molar-refractivity contribution in [1.82, 2.24) is 10.2 Å². The van der Waals surface area contributed by atoms with Crippen LogP contribution in [0.1, 0.15) is 64.8 Å². The first-order valence-corrected chi connectivity index (χ1v) is 10.1. The number of fused-ring (bicyclic) bond motifs is 1. The van der Waals surface area contributed by atoms with E-state index in [1.54, 1.807) is 36.4 Å². The van der Waals surface area contributed by atoms with Gasteiger partial charge in [0, 0.05) is 13.1 Å². The van der Waals surface area contributed by atoms with Crippen LogP contribution in [0.4, 0.5) is 4.39 Å². The number of nitrogens with one attached hydrogen (secondary N) is 1. The van der Waals surface area contributed by atoms with Gasteiger partial charge in [0.1, 0.15) is 5.82 Å². The molecule has 2 aromatic rings. The Morgan fingerprint density at radius 1 is 0.750 bits per heavy atom. The number of amides is 2. The number of unbranched alkanes of at least 4 members (excludes halogenated alkanes) is 5. The number of carbonyl (C=O) groups is 2. The first-order chi connectivity index (χ1) is 13.7. The van der Waals surface area contributed by atoms with Gasteiger partial charge in [0.2, 0.25) is 0 Å². The van der Waals surface area contributed by atoms with Gasteiger partial charge in [-0.05, 0) is 49.2 Å². The fraction of sp³-hybridized carbons (Fsp3) is 0.391. The fourth-order valence-electron chi connectivity index (χ4n) is 3.50. The Morgan fingerprint density at radius 3 is 1.96 bits per heavy atom. The van der Waals surface area contributed by atoms with Crippen LogP contribution in [0.5, 0.6) is 0 Å². The molecular weight excluding hydrogens is 355 g/mol. The van der Waals surface area contributed by atoms with Gasteiger partial charge in [0.15, 0.2) is 0 Å². The second-order valence-corrected chi connectivity index (χ2v) is 7.23. The van der Waals surface area contributed by atoms with E-state index in [9.17, 15) is 14.0 Å². The van der Waals surface area contributed by atoms with Crippen LogP contribution >= 0.6 is 0 Å². The molecular formula is C23H27FN2O2. The van der Waals surface area contributed by atoms with Crippen molar-refractivity contribution >= 4 is 11.8 Å². The lowest BCUT2D eigenvalue weighted by Gasteiger charge is -2.13. The van der Waals surface area contributed by atoms with Crippen molar-refractivity contribution in [3.63, 3.8) is 0 Å². The van der Waals surface area contributed by atoms with Crippen LogP contribution in [0.3, 0.4) is 0 Å². The Hall–Kier alpha value is -2.53. The van der Waals surface area contributed by atoms with Crippen LogP contribution in [0.25, 0.3) is 0 Å². The molecule has 0 bridgehead atoms. The number of rotatable bonds is 11. The molecule has 0 aliphatic carbocycles. The minimum Gasteiger partial charge on any atom is -0.313 e. The van der Waals surface area contributed by atoms with Crippen LogP contribution < -0.4 is 5.32 Å². The van der Waals surface area contributed by atoms with E-state index in [2.05, 4.69) is 5.32 Å². The molecule has 1 aliphatic rings. The molecule has 5 heteroatoms. The topological polar surface area (TPSA) is 49.4 Å². The van der Waals surface area contributed by atoms with E-state index >= 15 is 0 Å². The van der Waals surface area contributed by atoms with Crippen LogP contribution in [-0.2, 0) is 6.54 Å². The summed E-state index contributed by atoms with van der Waals surface area (Å²) >= 11 is 0. The quantitative estimate of drug-likeness (QED) is 0.458. The number of carbonyl (C=O) groups excluding carboxylic acids is 2. The summed E-state index contributed by atoms with van der Waals surface area (Å²) in [4.78, 5) is 25.9. The van der Waals surface area contributed by atoms with Crippen LogP contribution in [0.15, 0.2) is 48.5 Å². The van der Waals surface area contributed by atoms with Crippen molar-refractivity contribution < 1.29 is 14.0 Å². The molecule has 2 aromatic carbocycles. The number of imide groups is 1. The average molecular weight is 382 g/mol. The lowest BCUT2D eigenvalue weighted by atomic mass is 10.1. The van der Waals surface area contributed by atoms with Gasteiger partial charge in [-0.3, -0.25) is 14.5 Å². The summed E-state index contributed by atoms with van der Waals surface area (Å²) in [5.74, 6) is -0.521. The fourth-order valence-corrected chi connectivity index (χ4v) is 3.50. The number of nitrogens with zero attached hydrogens (tertiary/aromatic N) is 1. The Morgan fingerprint density at radius 2 is 1.32 bits per heavy atom. The molecule has 0 atom stereocenters. The highest BCUT2D eigenvalue weighted by Crippen LogP contribution is 2.22. The maximum absolute atomic E-state index is 12.8. The lowest BCUT2D eigenvalue weighted by molar-refractivity contribution is 0.0651. The Bertz CT molecular complexity index is 770. The van der Waals surface area contributed by atoms with E-state index in [-0.39, 0.29) is 17.6 Å². The first-order valence-electron chi connectivity index (χ1n) is 10.1. The van der Waals surface area contributed by atoms with Gasteiger partial charge in [-0.2, -0.15) is 0 Å². The predicted molar refractivity (Wildman–Crippen MR) is 108 cm³/mol. The third kappa shape index (κ3) is 5.26. The number of hydrogen-bond acceptors (Lipinski definition) is 3. The molecule has 28 heavy (non-hydrogen) atoms. The number of benzene rings is 2. The molecule has 1 N–H and O–H groups in total. The summed E-state index contributed by atoms with van der Waals surface area (Å²) in [6.07, 6.45) is 6.41. The lowest BCUT2D eigenvalue weighted by Crippen LogP contribution is -2.30. The Labute approximate surface area is 165 Å². The summed E-state index contributed by atoms with van der Waals surface area (Å²) in [5, 5.41) is 3.37. The zero-order valence-electron chi connectivity index (χ0n) is 16.1. The molecule has 0 saturated carbocycles. The molecule has 148 valence electrons. The minimum absolute atomic E-state index is 0.159. The molecule has 2 amide bonds. The zero-order valence-corrected chi connectivity index (χ0v) is 16.1. The maximum Gasteiger partial charge on any atom is 0.261 e. The van der Waals surface area contributed by atoms with Gasteiger partial charge in [-0.25, -0.2) is 4.39 Å². The van der Waals surface area contributed by atoms with Crippen LogP contribution in [0, 0.1) is 5.82 Å². The van der Waals surface area contributed by atoms with E-state index in [1.807, 2.05) is 0 Å². The van der Waals surface area contributed by atoms with E-state index in [1.165, 1.54) is 17.0 Å². The number of hydrogen-bond donors (Lipinski definition) is 1. The van der Waals surface area contributed by atoms with Gasteiger partial charge in [-0.1, -0.05) is 49.9 Å². The van der Waals surface area contributed by atoms with E-state index < -0.39 is 0 Å². The third-order valence-electron chi connectivity index (χ3n) is 5.11. The zero-order chi connectivity index (χ0) is 19.8. The molecule has 0 saturated heterocycles. The summed E-state index contributed by atoms with van der Waals surface area (Å²) in [7, 11) is 0. The highest BCUT2D eigenvalue weighted by atomic mass is 19.1. The van der Waals surface area contributed by atoms with Crippen molar-refractivity contribution in [2.75, 3.05) is 13.1 Å². The summed E-state index contributed by atoms with van der Waals surface area (Å²) in [5.41, 5.74) is 2.15. The molecule has 0 spiro atoms. The molecule has 0 fully saturated rings. The molecule has 3 rings (SSSR count). The van der Waals surface area contributed by atoms with Gasteiger partial charge in [0.25, 0.3) is 11.8 Å². The van der Waals surface area contributed by atoms with Crippen LogP contribution in [0.2, 0.25) is 0 Å². The van der Waals surface area contributed by atoms with Crippen molar-refractivity contribution in [1.29, 1.82) is 0 Å². The van der Waals surface area contributed by atoms with Gasteiger partial charge in [0.05, 0.1) is 11.1 Å². The first kappa shape index (κ1) is 20.2. The highest BCUT2D eigenvalue weighted by Gasteiger charge is 2.34. The molecule has 0 radical (unpaired) electrons. The van der Waals surface area contributed by atoms with Crippen molar-refractivity contribution in [2.45, 2.75) is 45.1 Å². The molecule has 0 unspecified atom stereocenters.